The van der Waals surface area contributed by atoms with Gasteiger partial charge in [-0.3, -0.25) is 4.79 Å². The average molecular weight is 347 g/mol. The van der Waals surface area contributed by atoms with E-state index in [0.29, 0.717) is 13.0 Å². The fourth-order valence-corrected chi connectivity index (χ4v) is 3.88. The molecule has 3 aromatic rings. The summed E-state index contributed by atoms with van der Waals surface area (Å²) in [6.45, 7) is 2.91. The zero-order chi connectivity index (χ0) is 18.1. The van der Waals surface area contributed by atoms with Crippen molar-refractivity contribution in [2.24, 2.45) is 7.05 Å². The van der Waals surface area contributed by atoms with Gasteiger partial charge >= 0.3 is 0 Å². The van der Waals surface area contributed by atoms with Crippen LogP contribution in [0.25, 0.3) is 11.0 Å². The molecule has 1 aromatic heterocycles. The van der Waals surface area contributed by atoms with Gasteiger partial charge in [-0.15, -0.1) is 0 Å². The van der Waals surface area contributed by atoms with Gasteiger partial charge in [0.05, 0.1) is 11.0 Å². The van der Waals surface area contributed by atoms with Crippen LogP contribution in [-0.4, -0.2) is 22.0 Å². The number of carbonyl (C=O) groups is 1. The molecule has 1 saturated heterocycles. The number of aryl methyl sites for hydroxylation is 2. The lowest BCUT2D eigenvalue weighted by Gasteiger charge is -2.17. The van der Waals surface area contributed by atoms with Crippen molar-refractivity contribution in [3.63, 3.8) is 0 Å². The molecule has 0 radical (unpaired) electrons. The lowest BCUT2D eigenvalue weighted by Crippen LogP contribution is -2.24. The van der Waals surface area contributed by atoms with Crippen LogP contribution >= 0.6 is 0 Å². The number of nitrogens with zero attached hydrogens (tertiary/aromatic N) is 3. The third kappa shape index (κ3) is 3.00. The highest BCUT2D eigenvalue weighted by molar-refractivity contribution is 5.96. The fourth-order valence-electron chi connectivity index (χ4n) is 3.88. The first-order chi connectivity index (χ1) is 12.7. The first-order valence-corrected chi connectivity index (χ1v) is 9.48. The number of hydrogen-bond acceptors (Lipinski definition) is 2. The van der Waals surface area contributed by atoms with Gasteiger partial charge in [-0.25, -0.2) is 4.98 Å². The van der Waals surface area contributed by atoms with E-state index in [0.717, 1.165) is 29.0 Å². The summed E-state index contributed by atoms with van der Waals surface area (Å²) in [5.41, 5.74) is 4.45. The summed E-state index contributed by atoms with van der Waals surface area (Å²) in [7, 11) is 2.04. The van der Waals surface area contributed by atoms with Crippen LogP contribution < -0.4 is 4.90 Å². The Hall–Kier alpha value is -2.62. The van der Waals surface area contributed by atoms with E-state index in [1.165, 1.54) is 18.4 Å². The van der Waals surface area contributed by atoms with Crippen molar-refractivity contribution in [3.8, 4) is 0 Å². The molecule has 26 heavy (non-hydrogen) atoms. The van der Waals surface area contributed by atoms with E-state index in [2.05, 4.69) is 41.8 Å². The number of hydrogen-bond donors (Lipinski definition) is 0. The second-order valence-electron chi connectivity index (χ2n) is 7.19. The molecule has 134 valence electrons. The SMILES string of the molecule is CCCCc1ccc(N2C[C@@H](c3nc4ccccc4n3C)CC2=O)cc1. The molecule has 4 heteroatoms. The molecule has 1 aliphatic heterocycles. The van der Waals surface area contributed by atoms with Crippen molar-refractivity contribution in [2.75, 3.05) is 11.4 Å². The molecular weight excluding hydrogens is 322 g/mol. The molecule has 1 fully saturated rings. The van der Waals surface area contributed by atoms with Gasteiger partial charge in [0.25, 0.3) is 0 Å². The molecular formula is C22H25N3O. The summed E-state index contributed by atoms with van der Waals surface area (Å²) >= 11 is 0. The van der Waals surface area contributed by atoms with E-state index in [-0.39, 0.29) is 11.8 Å². The van der Waals surface area contributed by atoms with Gasteiger partial charge in [-0.2, -0.15) is 0 Å². The van der Waals surface area contributed by atoms with Crippen LogP contribution in [0.15, 0.2) is 48.5 Å². The summed E-state index contributed by atoms with van der Waals surface area (Å²) in [6.07, 6.45) is 4.03. The minimum atomic E-state index is 0.139. The quantitative estimate of drug-likeness (QED) is 0.684. The van der Waals surface area contributed by atoms with Gasteiger partial charge in [0, 0.05) is 31.6 Å². The fraction of sp³-hybridized carbons (Fsp3) is 0.364. The molecule has 2 heterocycles. The van der Waals surface area contributed by atoms with Crippen molar-refractivity contribution >= 4 is 22.6 Å². The van der Waals surface area contributed by atoms with Gasteiger partial charge in [-0.05, 0) is 42.7 Å². The summed E-state index contributed by atoms with van der Waals surface area (Å²) < 4.78 is 2.13. The molecule has 4 nitrogen and oxygen atoms in total. The summed E-state index contributed by atoms with van der Waals surface area (Å²) in [5, 5.41) is 0. The lowest BCUT2D eigenvalue weighted by molar-refractivity contribution is -0.117. The van der Waals surface area contributed by atoms with E-state index in [1.54, 1.807) is 0 Å². The standard InChI is InChI=1S/C22H25N3O/c1-3-4-7-16-10-12-18(13-11-16)25-15-17(14-21(25)26)22-23-19-8-5-6-9-20(19)24(22)2/h5-6,8-13,17H,3-4,7,14-15H2,1-2H3/t17-/m0/s1. The van der Waals surface area contributed by atoms with Crippen LogP contribution in [0, 0.1) is 0 Å². The zero-order valence-corrected chi connectivity index (χ0v) is 15.5. The highest BCUT2D eigenvalue weighted by Gasteiger charge is 2.34. The molecule has 0 aliphatic carbocycles. The highest BCUT2D eigenvalue weighted by Crippen LogP contribution is 2.32. The van der Waals surface area contributed by atoms with Gasteiger partial charge in [0.1, 0.15) is 5.82 Å². The Morgan fingerprint density at radius 1 is 1.12 bits per heavy atom. The third-order valence-corrected chi connectivity index (χ3v) is 5.38. The Kier molecular flexibility index (Phi) is 4.49. The predicted octanol–water partition coefficient (Wildman–Crippen LogP) is 4.44. The van der Waals surface area contributed by atoms with Crippen molar-refractivity contribution in [1.29, 1.82) is 0 Å². The minimum absolute atomic E-state index is 0.139. The van der Waals surface area contributed by atoms with Gasteiger partial charge in [-0.1, -0.05) is 37.6 Å². The largest absolute Gasteiger partial charge is 0.331 e. The van der Waals surface area contributed by atoms with Crippen LogP contribution in [0.3, 0.4) is 0 Å². The molecule has 0 bridgehead atoms. The minimum Gasteiger partial charge on any atom is -0.331 e. The monoisotopic (exact) mass is 347 g/mol. The second-order valence-corrected chi connectivity index (χ2v) is 7.19. The van der Waals surface area contributed by atoms with Crippen molar-refractivity contribution < 1.29 is 4.79 Å². The Bertz CT molecular complexity index is 926. The van der Waals surface area contributed by atoms with Gasteiger partial charge in [0.15, 0.2) is 0 Å². The molecule has 1 atom stereocenters. The molecule has 2 aromatic carbocycles. The highest BCUT2D eigenvalue weighted by atomic mass is 16.2. The molecule has 0 spiro atoms. The molecule has 0 N–H and O–H groups in total. The number of para-hydroxylation sites is 2. The summed E-state index contributed by atoms with van der Waals surface area (Å²) in [6, 6.07) is 16.6. The van der Waals surface area contributed by atoms with Crippen molar-refractivity contribution in [1.82, 2.24) is 9.55 Å². The molecule has 0 saturated carbocycles. The third-order valence-electron chi connectivity index (χ3n) is 5.38. The second kappa shape index (κ2) is 6.94. The maximum absolute atomic E-state index is 12.6. The number of anilines is 1. The first-order valence-electron chi connectivity index (χ1n) is 9.48. The van der Waals surface area contributed by atoms with Gasteiger partial charge in [0.2, 0.25) is 5.91 Å². The molecule has 4 rings (SSSR count). The number of amides is 1. The van der Waals surface area contributed by atoms with Crippen LogP contribution in [0.5, 0.6) is 0 Å². The van der Waals surface area contributed by atoms with Crippen molar-refractivity contribution in [3.05, 3.63) is 59.9 Å². The summed E-state index contributed by atoms with van der Waals surface area (Å²) in [4.78, 5) is 19.3. The Balaban J connectivity index is 1.55. The topological polar surface area (TPSA) is 38.1 Å². The van der Waals surface area contributed by atoms with Crippen molar-refractivity contribution in [2.45, 2.75) is 38.5 Å². The van der Waals surface area contributed by atoms with E-state index >= 15 is 0 Å². The Labute approximate surface area is 154 Å². The number of carbonyl (C=O) groups excluding carboxylic acids is 1. The maximum Gasteiger partial charge on any atom is 0.227 e. The van der Waals surface area contributed by atoms with Crippen LogP contribution in [-0.2, 0) is 18.3 Å². The Morgan fingerprint density at radius 2 is 1.88 bits per heavy atom. The van der Waals surface area contributed by atoms with E-state index in [4.69, 9.17) is 4.98 Å². The van der Waals surface area contributed by atoms with E-state index < -0.39 is 0 Å². The average Bonchev–Trinajstić information content (AvgIpc) is 3.21. The molecule has 0 unspecified atom stereocenters. The van der Waals surface area contributed by atoms with Gasteiger partial charge < -0.3 is 9.47 Å². The normalized spacial score (nSPS) is 17.4. The number of fused-ring (bicyclic) bond motifs is 1. The first kappa shape index (κ1) is 16.8. The number of benzene rings is 2. The molecule has 1 amide bonds. The van der Waals surface area contributed by atoms with Crippen LogP contribution in [0.1, 0.15) is 43.5 Å². The number of aromatic nitrogens is 2. The number of unbranched alkanes of at least 4 members (excludes halogenated alkanes) is 1. The zero-order valence-electron chi connectivity index (χ0n) is 15.5. The maximum atomic E-state index is 12.6. The smallest absolute Gasteiger partial charge is 0.227 e. The Morgan fingerprint density at radius 3 is 2.62 bits per heavy atom. The summed E-state index contributed by atoms with van der Waals surface area (Å²) in [5.74, 6) is 1.32. The van der Waals surface area contributed by atoms with E-state index in [9.17, 15) is 4.79 Å². The van der Waals surface area contributed by atoms with E-state index in [1.807, 2.05) is 30.1 Å². The predicted molar refractivity (Wildman–Crippen MR) is 105 cm³/mol. The number of rotatable bonds is 5. The van der Waals surface area contributed by atoms with Crippen LogP contribution in [0.4, 0.5) is 5.69 Å². The lowest BCUT2D eigenvalue weighted by atomic mass is 10.1. The number of imidazole rings is 1. The molecule has 1 aliphatic rings. The van der Waals surface area contributed by atoms with Crippen LogP contribution in [0.2, 0.25) is 0 Å².